The first-order valence-electron chi connectivity index (χ1n) is 22.7. The largest absolute Gasteiger partial charge is 0.453 e. The average molecular weight is 894 g/mol. The standard InChI is InChI=1S/C32H49NO9.C15H24.H2O4S/c1-6-18(3)25(35)41-24-11-12-26(4)19-8-9-20-28(37)13-23(34)31(39)21(29(28,38)16-30(20,26)42-32(19,24)40)15-33-14-17(2)7-10-22(33)27(31,5)36;1-13-7-5-8-14(2)10-12-15(3,4)11-6-9-13;1-5(2,3)4/h6,17,19-24,34,36-40H,7-16H2,1-5H3;6-7,10-11H,5,8-9,12H2,1-4H3;(H2,1,2,3,4). The molecule has 0 amide bonds. The fraction of sp³-hybridized carbons (Fsp3) is 0.809. The van der Waals surface area contributed by atoms with Gasteiger partial charge in [-0.25, -0.2) is 4.79 Å². The summed E-state index contributed by atoms with van der Waals surface area (Å²) in [5.74, 6) is -4.05. The van der Waals surface area contributed by atoms with Crippen molar-refractivity contribution in [2.75, 3.05) is 13.1 Å². The number of allylic oxidation sites excluding steroid dienone is 7. The van der Waals surface area contributed by atoms with Gasteiger partial charge in [-0.3, -0.25) is 14.0 Å². The van der Waals surface area contributed by atoms with Crippen molar-refractivity contribution in [3.8, 4) is 0 Å². The van der Waals surface area contributed by atoms with E-state index in [1.165, 1.54) is 24.0 Å². The fourth-order valence-electron chi connectivity index (χ4n) is 13.6. The number of carbonyl (C=O) groups is 1. The maximum absolute atomic E-state index is 12.9. The highest BCUT2D eigenvalue weighted by Gasteiger charge is 2.88. The van der Waals surface area contributed by atoms with E-state index in [2.05, 4.69) is 63.8 Å². The zero-order chi connectivity index (χ0) is 46.3. The van der Waals surface area contributed by atoms with Gasteiger partial charge in [0.1, 0.15) is 22.4 Å². The molecule has 3 saturated heterocycles. The molecule has 14 unspecified atom stereocenters. The minimum Gasteiger partial charge on any atom is -0.453 e. The van der Waals surface area contributed by atoms with Gasteiger partial charge in [0.2, 0.25) is 5.79 Å². The quantitative estimate of drug-likeness (QED) is 0.0754. The Kier molecular flexibility index (Phi) is 13.3. The van der Waals surface area contributed by atoms with Crippen LogP contribution in [-0.4, -0.2) is 124 Å². The molecule has 15 heteroatoms. The first-order chi connectivity index (χ1) is 28.5. The molecule has 14 nitrogen and oxygen atoms in total. The maximum atomic E-state index is 12.9. The van der Waals surface area contributed by atoms with Crippen molar-refractivity contribution in [3.63, 3.8) is 0 Å². The van der Waals surface area contributed by atoms with E-state index in [9.17, 15) is 35.4 Å². The second kappa shape index (κ2) is 16.7. The molecule has 4 saturated carbocycles. The van der Waals surface area contributed by atoms with E-state index in [0.29, 0.717) is 55.6 Å². The Bertz CT molecular complexity index is 1950. The maximum Gasteiger partial charge on any atom is 0.394 e. The monoisotopic (exact) mass is 893 g/mol. The highest BCUT2D eigenvalue weighted by molar-refractivity contribution is 7.79. The van der Waals surface area contributed by atoms with Crippen LogP contribution >= 0.6 is 0 Å². The number of carbonyl (C=O) groups excluding carboxylic acids is 1. The molecule has 8 rings (SSSR count). The first kappa shape index (κ1) is 49.4. The molecular formula is C47H75NO13S. The third-order valence-electron chi connectivity index (χ3n) is 17.1. The van der Waals surface area contributed by atoms with Crippen LogP contribution in [0.2, 0.25) is 0 Å². The summed E-state index contributed by atoms with van der Waals surface area (Å²) in [6.07, 6.45) is 16.4. The lowest BCUT2D eigenvalue weighted by Gasteiger charge is -2.68. The summed E-state index contributed by atoms with van der Waals surface area (Å²) in [5, 5.41) is 73.9. The van der Waals surface area contributed by atoms with Crippen molar-refractivity contribution in [3.05, 3.63) is 47.1 Å². The van der Waals surface area contributed by atoms with E-state index in [1.54, 1.807) is 26.8 Å². The van der Waals surface area contributed by atoms with Crippen LogP contribution in [0, 0.1) is 34.5 Å². The van der Waals surface area contributed by atoms with Gasteiger partial charge in [-0.2, -0.15) is 8.42 Å². The topological polar surface area (TPSA) is 235 Å². The van der Waals surface area contributed by atoms with Gasteiger partial charge in [0.05, 0.1) is 11.7 Å². The number of aliphatic hydroxyl groups is 6. The van der Waals surface area contributed by atoms with E-state index in [-0.39, 0.29) is 25.4 Å². The van der Waals surface area contributed by atoms with Crippen LogP contribution in [0.3, 0.4) is 0 Å². The van der Waals surface area contributed by atoms with Gasteiger partial charge in [0, 0.05) is 60.7 Å². The minimum atomic E-state index is -4.67. The Morgan fingerprint density at radius 2 is 1.55 bits per heavy atom. The summed E-state index contributed by atoms with van der Waals surface area (Å²) in [5.41, 5.74) is -5.62. The van der Waals surface area contributed by atoms with Crippen molar-refractivity contribution in [2.24, 2.45) is 34.5 Å². The van der Waals surface area contributed by atoms with Gasteiger partial charge in [-0.1, -0.05) is 69.2 Å². The number of rotatable bonds is 2. The smallest absolute Gasteiger partial charge is 0.394 e. The Morgan fingerprint density at radius 3 is 2.19 bits per heavy atom. The molecule has 0 aromatic heterocycles. The molecule has 8 aliphatic rings. The molecule has 3 aliphatic heterocycles. The Hall–Kier alpha value is -2.02. The van der Waals surface area contributed by atoms with Crippen LogP contribution in [0.4, 0.5) is 0 Å². The number of nitrogens with zero attached hydrogens (tertiary/aromatic N) is 1. The van der Waals surface area contributed by atoms with Crippen LogP contribution < -0.4 is 0 Å². The zero-order valence-corrected chi connectivity index (χ0v) is 39.1. The number of piperidine rings is 2. The van der Waals surface area contributed by atoms with Crippen LogP contribution in [0.1, 0.15) is 139 Å². The second-order valence-corrected chi connectivity index (χ2v) is 22.5. The molecule has 62 heavy (non-hydrogen) atoms. The van der Waals surface area contributed by atoms with E-state index < -0.39 is 85.5 Å². The fourth-order valence-corrected chi connectivity index (χ4v) is 13.6. The normalized spacial score (nSPS) is 47.2. The van der Waals surface area contributed by atoms with Gasteiger partial charge >= 0.3 is 16.4 Å². The number of esters is 1. The molecule has 8 N–H and O–H groups in total. The Morgan fingerprint density at radius 1 is 0.903 bits per heavy atom. The molecule has 7 fully saturated rings. The highest BCUT2D eigenvalue weighted by Crippen LogP contribution is 2.78. The van der Waals surface area contributed by atoms with Crippen molar-refractivity contribution < 1.29 is 62.4 Å². The molecule has 3 heterocycles. The summed E-state index contributed by atoms with van der Waals surface area (Å²) in [4.78, 5) is 14.9. The SMILES string of the molecule is CC1=CCCC(C)=CCC(C)(C)C=CC1.CC=C(C)C(=O)OC1CCC2(C)C3CCC4C5(O)CC(O)C6(O)C(CN7CC(C)CCC7C6(C)O)C5(O)CC42OC13O.O=S(=O)(O)O. The number of hydrogen-bond acceptors (Lipinski definition) is 12. The molecule has 0 radical (unpaired) electrons. The molecule has 5 aliphatic carbocycles. The van der Waals surface area contributed by atoms with Gasteiger partial charge in [0.25, 0.3) is 0 Å². The number of ether oxygens (including phenoxy) is 2. The molecular weight excluding hydrogens is 819 g/mol. The number of aliphatic hydroxyl groups excluding tert-OH is 1. The predicted octanol–water partition coefficient (Wildman–Crippen LogP) is 5.37. The second-order valence-electron chi connectivity index (χ2n) is 21.6. The summed E-state index contributed by atoms with van der Waals surface area (Å²) in [6, 6.07) is -0.387. The third-order valence-corrected chi connectivity index (χ3v) is 17.1. The Labute approximate surface area is 368 Å². The average Bonchev–Trinajstić information content (AvgIpc) is 3.32. The lowest BCUT2D eigenvalue weighted by molar-refractivity contribution is -0.354. The van der Waals surface area contributed by atoms with E-state index in [0.717, 1.165) is 19.3 Å². The third kappa shape index (κ3) is 8.04. The van der Waals surface area contributed by atoms with Crippen molar-refractivity contribution in [1.82, 2.24) is 4.90 Å². The van der Waals surface area contributed by atoms with Gasteiger partial charge < -0.3 is 40.1 Å². The number of fused-ring (bicyclic) bond motifs is 5. The minimum absolute atomic E-state index is 0.0606. The summed E-state index contributed by atoms with van der Waals surface area (Å²) in [7, 11) is -4.67. The molecule has 14 atom stereocenters. The Balaban J connectivity index is 0.000000267. The zero-order valence-electron chi connectivity index (χ0n) is 38.3. The number of hydrogen-bond donors (Lipinski definition) is 8. The highest BCUT2D eigenvalue weighted by atomic mass is 32.3. The summed E-state index contributed by atoms with van der Waals surface area (Å²) in [6.45, 7) is 19.2. The van der Waals surface area contributed by atoms with Gasteiger partial charge in [0.15, 0.2) is 6.10 Å². The lowest BCUT2D eigenvalue weighted by atomic mass is 9.49. The van der Waals surface area contributed by atoms with E-state index in [1.807, 2.05) is 6.92 Å². The van der Waals surface area contributed by atoms with Crippen LogP contribution in [0.5, 0.6) is 0 Å². The first-order valence-corrected chi connectivity index (χ1v) is 24.1. The van der Waals surface area contributed by atoms with Crippen LogP contribution in [-0.2, 0) is 24.7 Å². The lowest BCUT2D eigenvalue weighted by Crippen LogP contribution is -2.85. The van der Waals surface area contributed by atoms with Gasteiger partial charge in [-0.05, 0) is 110 Å². The molecule has 0 aromatic carbocycles. The van der Waals surface area contributed by atoms with Crippen LogP contribution in [0.25, 0.3) is 0 Å². The predicted molar refractivity (Wildman–Crippen MR) is 233 cm³/mol. The van der Waals surface area contributed by atoms with E-state index >= 15 is 0 Å². The van der Waals surface area contributed by atoms with Crippen molar-refractivity contribution >= 4 is 16.4 Å². The van der Waals surface area contributed by atoms with Crippen molar-refractivity contribution in [2.45, 2.75) is 191 Å². The molecule has 0 aromatic rings. The van der Waals surface area contributed by atoms with Crippen LogP contribution in [0.15, 0.2) is 47.1 Å². The molecule has 352 valence electrons. The van der Waals surface area contributed by atoms with E-state index in [4.69, 9.17) is 27.0 Å². The molecule has 4 bridgehead atoms. The van der Waals surface area contributed by atoms with Crippen molar-refractivity contribution in [1.29, 1.82) is 0 Å². The summed E-state index contributed by atoms with van der Waals surface area (Å²) >= 11 is 0. The van der Waals surface area contributed by atoms with Gasteiger partial charge in [-0.15, -0.1) is 0 Å². The molecule has 1 spiro atoms. The summed E-state index contributed by atoms with van der Waals surface area (Å²) < 4.78 is 44.2.